The maximum Gasteiger partial charge on any atom is 0.261 e. The Morgan fingerprint density at radius 1 is 0.712 bits per heavy atom. The number of benzene rings is 4. The normalized spacial score (nSPS) is 24.4. The monoisotopic (exact) mass is 921 g/mol. The summed E-state index contributed by atoms with van der Waals surface area (Å²) in [5.74, 6) is 0.881. The minimum Gasteiger partial charge on any atom is -0.404 e. The molecule has 7 rings (SSSR count). The summed E-state index contributed by atoms with van der Waals surface area (Å²) in [6, 6.07) is 44.2. The summed E-state index contributed by atoms with van der Waals surface area (Å²) in [6.45, 7) is 31.3. The Hall–Kier alpha value is -3.89. The van der Waals surface area contributed by atoms with Gasteiger partial charge in [-0.05, 0) is 116 Å². The molecule has 0 unspecified atom stereocenters. The molecule has 0 saturated heterocycles. The van der Waals surface area contributed by atoms with Crippen molar-refractivity contribution >= 4 is 37.4 Å². The highest BCUT2D eigenvalue weighted by Gasteiger charge is 2.55. The molecule has 4 aromatic rings. The molecule has 0 heterocycles. The smallest absolute Gasteiger partial charge is 0.261 e. The van der Waals surface area contributed by atoms with Gasteiger partial charge < -0.3 is 18.7 Å². The van der Waals surface area contributed by atoms with Gasteiger partial charge in [0.2, 0.25) is 0 Å². The molecular weight excluding hydrogens is 841 g/mol. The number of rotatable bonds is 16. The molecule has 0 aliphatic heterocycles. The van der Waals surface area contributed by atoms with Gasteiger partial charge in [0.1, 0.15) is 0 Å². The van der Waals surface area contributed by atoms with E-state index >= 15 is 0 Å². The van der Waals surface area contributed by atoms with Crippen molar-refractivity contribution in [3.05, 3.63) is 169 Å². The van der Waals surface area contributed by atoms with Gasteiger partial charge >= 0.3 is 0 Å². The molecule has 1 N–H and O–H groups in total. The number of aliphatic hydroxyl groups is 1. The second-order valence-corrected chi connectivity index (χ2v) is 30.7. The van der Waals surface area contributed by atoms with E-state index in [1.165, 1.54) is 38.3 Å². The van der Waals surface area contributed by atoms with E-state index in [0.29, 0.717) is 37.9 Å². The molecule has 6 heteroatoms. The van der Waals surface area contributed by atoms with Crippen LogP contribution in [-0.4, -0.2) is 52.8 Å². The number of ether oxygens (including phenoxy) is 1. The third-order valence-corrected chi connectivity index (χ3v) is 26.3. The lowest BCUT2D eigenvalue weighted by molar-refractivity contribution is -0.0479. The van der Waals surface area contributed by atoms with E-state index in [9.17, 15) is 5.11 Å². The lowest BCUT2D eigenvalue weighted by Gasteiger charge is -2.49. The lowest BCUT2D eigenvalue weighted by atomic mass is 9.62. The Morgan fingerprint density at radius 2 is 1.18 bits per heavy atom. The molecule has 66 heavy (non-hydrogen) atoms. The van der Waals surface area contributed by atoms with Gasteiger partial charge in [-0.3, -0.25) is 0 Å². The fraction of sp³-hybridized carbons (Fsp3) is 0.467. The molecule has 4 aromatic carbocycles. The standard InChI is InChI=1S/C60H80O4Si2/c1-12-60(61,13-2)44-62-43-45(3)54-38-39-55-47(27-26-40-59(54,55)11)36-37-48-41-49(63-65(57(5,6)7,50-28-18-14-19-29-50)51-30-20-15-21-31-51)42-56(46(48)4)64-66(58(8,9)10,52-32-22-16-23-33-52)53-34-24-17-25-35-53/h14-25,28-37,49,54-56,61H,3-4,12-13,26-27,38-44H2,1-2,5-11H3/b47-36+,48-37+/t49-,54-,55+,56+,59-/m1/s1. The van der Waals surface area contributed by atoms with E-state index in [-0.39, 0.29) is 27.7 Å². The number of hydrogen-bond donors (Lipinski definition) is 1. The van der Waals surface area contributed by atoms with Crippen LogP contribution in [-0.2, 0) is 13.6 Å². The highest BCUT2D eigenvalue weighted by molar-refractivity contribution is 7.00. The zero-order valence-corrected chi connectivity index (χ0v) is 43.9. The molecule has 3 aliphatic rings. The van der Waals surface area contributed by atoms with Crippen LogP contribution in [0.2, 0.25) is 10.1 Å². The van der Waals surface area contributed by atoms with Crippen molar-refractivity contribution in [1.29, 1.82) is 0 Å². The molecule has 0 amide bonds. The quantitative estimate of drug-likeness (QED) is 0.0899. The van der Waals surface area contributed by atoms with E-state index in [2.05, 4.69) is 189 Å². The van der Waals surface area contributed by atoms with Crippen LogP contribution < -0.4 is 20.7 Å². The van der Waals surface area contributed by atoms with Crippen LogP contribution in [0.15, 0.2) is 169 Å². The molecule has 0 bridgehead atoms. The van der Waals surface area contributed by atoms with Crippen molar-refractivity contribution in [2.45, 2.75) is 148 Å². The second-order valence-electron chi connectivity index (χ2n) is 22.2. The average molecular weight is 921 g/mol. The Balaban J connectivity index is 1.30. The predicted octanol–water partition coefficient (Wildman–Crippen LogP) is 12.4. The van der Waals surface area contributed by atoms with E-state index in [0.717, 1.165) is 44.1 Å². The molecule has 0 radical (unpaired) electrons. The van der Waals surface area contributed by atoms with Crippen molar-refractivity contribution in [2.75, 3.05) is 13.2 Å². The Morgan fingerprint density at radius 3 is 1.64 bits per heavy atom. The minimum absolute atomic E-state index is 0.108. The minimum atomic E-state index is -2.97. The van der Waals surface area contributed by atoms with Crippen LogP contribution in [0.5, 0.6) is 0 Å². The van der Waals surface area contributed by atoms with Crippen LogP contribution in [0.25, 0.3) is 0 Å². The maximum atomic E-state index is 10.9. The fourth-order valence-electron chi connectivity index (χ4n) is 12.3. The van der Waals surface area contributed by atoms with Crippen molar-refractivity contribution in [1.82, 2.24) is 0 Å². The van der Waals surface area contributed by atoms with Gasteiger partial charge in [-0.2, -0.15) is 0 Å². The summed E-state index contributed by atoms with van der Waals surface area (Å²) in [4.78, 5) is 0. The Labute approximate surface area is 401 Å². The van der Waals surface area contributed by atoms with Crippen molar-refractivity contribution in [2.24, 2.45) is 17.3 Å². The molecular formula is C60H80O4Si2. The third-order valence-electron chi connectivity index (χ3n) is 16.2. The van der Waals surface area contributed by atoms with E-state index < -0.39 is 22.2 Å². The predicted molar refractivity (Wildman–Crippen MR) is 283 cm³/mol. The third kappa shape index (κ3) is 9.84. The van der Waals surface area contributed by atoms with Crippen molar-refractivity contribution < 1.29 is 18.7 Å². The lowest BCUT2D eigenvalue weighted by Crippen LogP contribution is -2.69. The van der Waals surface area contributed by atoms with E-state index in [1.807, 2.05) is 13.8 Å². The molecule has 0 aromatic heterocycles. The first kappa shape index (κ1) is 50.0. The highest BCUT2D eigenvalue weighted by Crippen LogP contribution is 2.59. The Bertz CT molecular complexity index is 2220. The van der Waals surface area contributed by atoms with Crippen LogP contribution in [0.1, 0.15) is 120 Å². The summed E-state index contributed by atoms with van der Waals surface area (Å²) in [5.41, 5.74) is 4.40. The van der Waals surface area contributed by atoms with Crippen LogP contribution in [0.3, 0.4) is 0 Å². The largest absolute Gasteiger partial charge is 0.404 e. The summed E-state index contributed by atoms with van der Waals surface area (Å²) >= 11 is 0. The van der Waals surface area contributed by atoms with Crippen molar-refractivity contribution in [3.8, 4) is 0 Å². The number of hydrogen-bond acceptors (Lipinski definition) is 4. The highest BCUT2D eigenvalue weighted by atomic mass is 28.4. The number of fused-ring (bicyclic) bond motifs is 1. The topological polar surface area (TPSA) is 47.9 Å². The SMILES string of the molecule is C=C1/C(=C/C=C2\CCC[C@]3(C)[C@@H](C(=C)COCC(O)(CC)CC)CC[C@@H]23)C[C@@H](O[Si](c2ccccc2)(c2ccccc2)C(C)(C)C)C[C@@H]1O[Si](c1ccccc1)(c1ccccc1)C(C)(C)C. The second kappa shape index (κ2) is 20.4. The molecule has 4 nitrogen and oxygen atoms in total. The zero-order chi connectivity index (χ0) is 47.4. The average Bonchev–Trinajstić information content (AvgIpc) is 3.68. The van der Waals surface area contributed by atoms with Gasteiger partial charge in [-0.25, -0.2) is 0 Å². The van der Waals surface area contributed by atoms with E-state index in [4.69, 9.17) is 20.2 Å². The summed E-state index contributed by atoms with van der Waals surface area (Å²) in [6.07, 6.45) is 13.2. The van der Waals surface area contributed by atoms with Crippen LogP contribution >= 0.6 is 0 Å². The summed E-state index contributed by atoms with van der Waals surface area (Å²) < 4.78 is 22.3. The molecule has 3 aliphatic carbocycles. The summed E-state index contributed by atoms with van der Waals surface area (Å²) in [7, 11) is -5.88. The first-order valence-corrected chi connectivity index (χ1v) is 28.9. The molecule has 352 valence electrons. The molecule has 3 fully saturated rings. The van der Waals surface area contributed by atoms with Crippen LogP contribution in [0.4, 0.5) is 0 Å². The van der Waals surface area contributed by atoms with E-state index in [1.54, 1.807) is 5.57 Å². The molecule has 5 atom stereocenters. The molecule has 3 saturated carbocycles. The Kier molecular flexibility index (Phi) is 15.4. The zero-order valence-electron chi connectivity index (χ0n) is 41.9. The van der Waals surface area contributed by atoms with Gasteiger partial charge in [0.15, 0.2) is 0 Å². The fourth-order valence-corrected chi connectivity index (χ4v) is 21.7. The van der Waals surface area contributed by atoms with Gasteiger partial charge in [0.05, 0.1) is 31.0 Å². The molecule has 0 spiro atoms. The number of allylic oxidation sites excluding steroid dienone is 3. The first-order valence-electron chi connectivity index (χ1n) is 25.1. The first-order chi connectivity index (χ1) is 31.4. The van der Waals surface area contributed by atoms with Crippen molar-refractivity contribution in [3.63, 3.8) is 0 Å². The van der Waals surface area contributed by atoms with Crippen LogP contribution in [0, 0.1) is 17.3 Å². The van der Waals surface area contributed by atoms with Gasteiger partial charge in [0, 0.05) is 6.42 Å². The summed E-state index contributed by atoms with van der Waals surface area (Å²) in [5, 5.41) is 15.7. The van der Waals surface area contributed by atoms with Gasteiger partial charge in [-0.1, -0.05) is 215 Å². The maximum absolute atomic E-state index is 10.9. The van der Waals surface area contributed by atoms with Gasteiger partial charge in [-0.15, -0.1) is 0 Å². The van der Waals surface area contributed by atoms with Gasteiger partial charge in [0.25, 0.3) is 16.6 Å².